The maximum atomic E-state index is 13.2. The predicted octanol–water partition coefficient (Wildman–Crippen LogP) is -0.144. The smallest absolute Gasteiger partial charge is 0.243 e. The topological polar surface area (TPSA) is 93.5 Å². The number of ether oxygens (including phenoxy) is 1. The molecule has 6 nitrogen and oxygen atoms in total. The van der Waals surface area contributed by atoms with Gasteiger partial charge in [-0.1, -0.05) is 12.1 Å². The first kappa shape index (κ1) is 15.1. The van der Waals surface area contributed by atoms with Crippen LogP contribution in [-0.4, -0.2) is 38.1 Å². The van der Waals surface area contributed by atoms with E-state index < -0.39 is 11.7 Å². The summed E-state index contributed by atoms with van der Waals surface area (Å²) in [4.78, 5) is 21.8. The number of benzene rings is 1. The van der Waals surface area contributed by atoms with E-state index in [1.54, 1.807) is 12.1 Å². The molecule has 0 saturated carbocycles. The molecule has 0 saturated heterocycles. The molecule has 0 aliphatic carbocycles. The molecule has 104 valence electrons. The molecule has 0 atom stereocenters. The van der Waals surface area contributed by atoms with Crippen LogP contribution in [0.2, 0.25) is 0 Å². The van der Waals surface area contributed by atoms with Crippen molar-refractivity contribution >= 4 is 17.5 Å². The van der Waals surface area contributed by atoms with Crippen LogP contribution in [0.5, 0.6) is 0 Å². The second kappa shape index (κ2) is 8.17. The van der Waals surface area contributed by atoms with Crippen molar-refractivity contribution in [2.45, 2.75) is 0 Å². The molecule has 1 rings (SSSR count). The number of carbonyl (C=O) groups excluding carboxylic acids is 2. The highest BCUT2D eigenvalue weighted by atomic mass is 19.1. The van der Waals surface area contributed by atoms with Crippen molar-refractivity contribution in [1.82, 2.24) is 5.32 Å². The molecule has 4 N–H and O–H groups in total. The van der Waals surface area contributed by atoms with Crippen molar-refractivity contribution in [3.63, 3.8) is 0 Å². The normalized spacial score (nSPS) is 10.2. The summed E-state index contributed by atoms with van der Waals surface area (Å²) in [6, 6.07) is 5.91. The van der Waals surface area contributed by atoms with Crippen LogP contribution in [0.1, 0.15) is 0 Å². The van der Waals surface area contributed by atoms with Crippen molar-refractivity contribution < 1.29 is 18.7 Å². The van der Waals surface area contributed by atoms with Gasteiger partial charge in [0, 0.05) is 6.54 Å². The molecule has 0 spiro atoms. The summed E-state index contributed by atoms with van der Waals surface area (Å²) in [5.41, 5.74) is 5.01. The molecule has 0 aliphatic rings. The molecular weight excluding hydrogens is 253 g/mol. The minimum Gasteiger partial charge on any atom is -0.370 e. The SMILES string of the molecule is NC(=O)COCCNCC(=O)Nc1ccccc1F. The Hall–Kier alpha value is -1.99. The first-order valence-electron chi connectivity index (χ1n) is 5.70. The Morgan fingerprint density at radius 3 is 2.74 bits per heavy atom. The summed E-state index contributed by atoms with van der Waals surface area (Å²) in [5, 5.41) is 5.21. The van der Waals surface area contributed by atoms with E-state index in [0.29, 0.717) is 6.54 Å². The Bertz CT molecular complexity index is 440. The van der Waals surface area contributed by atoms with Gasteiger partial charge in [0.2, 0.25) is 11.8 Å². The van der Waals surface area contributed by atoms with Crippen LogP contribution < -0.4 is 16.4 Å². The Morgan fingerprint density at radius 2 is 2.05 bits per heavy atom. The fourth-order valence-corrected chi connectivity index (χ4v) is 1.28. The minimum atomic E-state index is -0.544. The third-order valence-corrected chi connectivity index (χ3v) is 2.10. The number of nitrogens with two attached hydrogens (primary N) is 1. The summed E-state index contributed by atoms with van der Waals surface area (Å²) >= 11 is 0. The van der Waals surface area contributed by atoms with Crippen LogP contribution >= 0.6 is 0 Å². The Labute approximate surface area is 110 Å². The molecule has 0 fully saturated rings. The van der Waals surface area contributed by atoms with Crippen molar-refractivity contribution in [1.29, 1.82) is 0 Å². The van der Waals surface area contributed by atoms with Crippen molar-refractivity contribution in [3.8, 4) is 0 Å². The zero-order chi connectivity index (χ0) is 14.1. The number of hydrogen-bond donors (Lipinski definition) is 3. The molecule has 19 heavy (non-hydrogen) atoms. The lowest BCUT2D eigenvalue weighted by Crippen LogP contribution is -2.31. The van der Waals surface area contributed by atoms with Gasteiger partial charge in [0.25, 0.3) is 0 Å². The summed E-state index contributed by atoms with van der Waals surface area (Å²) < 4.78 is 18.1. The van der Waals surface area contributed by atoms with Gasteiger partial charge in [0.05, 0.1) is 18.8 Å². The third-order valence-electron chi connectivity index (χ3n) is 2.10. The first-order chi connectivity index (χ1) is 9.09. The molecule has 0 aliphatic heterocycles. The van der Waals surface area contributed by atoms with E-state index in [1.807, 2.05) is 0 Å². The maximum Gasteiger partial charge on any atom is 0.243 e. The van der Waals surface area contributed by atoms with Crippen LogP contribution in [0, 0.1) is 5.82 Å². The fourth-order valence-electron chi connectivity index (χ4n) is 1.28. The van der Waals surface area contributed by atoms with Crippen LogP contribution in [0.25, 0.3) is 0 Å². The predicted molar refractivity (Wildman–Crippen MR) is 67.9 cm³/mol. The highest BCUT2D eigenvalue weighted by Gasteiger charge is 2.05. The van der Waals surface area contributed by atoms with Crippen LogP contribution in [0.15, 0.2) is 24.3 Å². The van der Waals surface area contributed by atoms with Crippen LogP contribution in [0.3, 0.4) is 0 Å². The average molecular weight is 269 g/mol. The second-order valence-corrected chi connectivity index (χ2v) is 3.72. The van der Waals surface area contributed by atoms with E-state index in [2.05, 4.69) is 10.6 Å². The molecule has 7 heteroatoms. The van der Waals surface area contributed by atoms with Crippen LogP contribution in [0.4, 0.5) is 10.1 Å². The summed E-state index contributed by atoms with van der Waals surface area (Å²) in [6.07, 6.45) is 0. The third kappa shape index (κ3) is 6.49. The molecule has 1 aromatic rings. The molecule has 2 amide bonds. The molecule has 0 radical (unpaired) electrons. The van der Waals surface area contributed by atoms with Crippen molar-refractivity contribution in [2.24, 2.45) is 5.73 Å². The van der Waals surface area contributed by atoms with Gasteiger partial charge in [-0.25, -0.2) is 4.39 Å². The summed E-state index contributed by atoms with van der Waals surface area (Å²) in [7, 11) is 0. The molecule has 0 aromatic heterocycles. The van der Waals surface area contributed by atoms with E-state index in [9.17, 15) is 14.0 Å². The van der Waals surface area contributed by atoms with E-state index >= 15 is 0 Å². The highest BCUT2D eigenvalue weighted by molar-refractivity contribution is 5.92. The standard InChI is InChI=1S/C12H16FN3O3/c13-9-3-1-2-4-10(9)16-12(18)7-15-5-6-19-8-11(14)17/h1-4,15H,5-8H2,(H2,14,17)(H,16,18). The molecule has 0 heterocycles. The molecular formula is C12H16FN3O3. The number of nitrogens with one attached hydrogen (secondary N) is 2. The van der Waals surface area contributed by atoms with Crippen molar-refractivity contribution in [3.05, 3.63) is 30.1 Å². The molecule has 0 bridgehead atoms. The second-order valence-electron chi connectivity index (χ2n) is 3.72. The van der Waals surface area contributed by atoms with Crippen LogP contribution in [-0.2, 0) is 14.3 Å². The number of halogens is 1. The average Bonchev–Trinajstić information content (AvgIpc) is 2.36. The van der Waals surface area contributed by atoms with E-state index in [4.69, 9.17) is 10.5 Å². The van der Waals surface area contributed by atoms with Gasteiger partial charge < -0.3 is 21.1 Å². The van der Waals surface area contributed by atoms with Gasteiger partial charge in [-0.05, 0) is 12.1 Å². The van der Waals surface area contributed by atoms with Gasteiger partial charge >= 0.3 is 0 Å². The quantitative estimate of drug-likeness (QED) is 0.572. The Morgan fingerprint density at radius 1 is 1.32 bits per heavy atom. The van der Waals surface area contributed by atoms with Gasteiger partial charge in [0.15, 0.2) is 0 Å². The zero-order valence-corrected chi connectivity index (χ0v) is 10.3. The monoisotopic (exact) mass is 269 g/mol. The zero-order valence-electron chi connectivity index (χ0n) is 10.3. The maximum absolute atomic E-state index is 13.2. The van der Waals surface area contributed by atoms with E-state index in [1.165, 1.54) is 12.1 Å². The highest BCUT2D eigenvalue weighted by Crippen LogP contribution is 2.11. The Kier molecular flexibility index (Phi) is 6.48. The van der Waals surface area contributed by atoms with Crippen molar-refractivity contribution in [2.75, 3.05) is 31.6 Å². The van der Waals surface area contributed by atoms with Gasteiger partial charge in [-0.15, -0.1) is 0 Å². The fraction of sp³-hybridized carbons (Fsp3) is 0.333. The van der Waals surface area contributed by atoms with E-state index in [0.717, 1.165) is 0 Å². The summed E-state index contributed by atoms with van der Waals surface area (Å²) in [6.45, 7) is 0.519. The number of primary amides is 1. The number of amides is 2. The lowest BCUT2D eigenvalue weighted by atomic mass is 10.3. The lowest BCUT2D eigenvalue weighted by Gasteiger charge is -2.07. The Balaban J connectivity index is 2.15. The molecule has 0 unspecified atom stereocenters. The largest absolute Gasteiger partial charge is 0.370 e. The lowest BCUT2D eigenvalue weighted by molar-refractivity contribution is -0.122. The first-order valence-corrected chi connectivity index (χ1v) is 5.70. The van der Waals surface area contributed by atoms with Gasteiger partial charge in [0.1, 0.15) is 12.4 Å². The number of para-hydroxylation sites is 1. The van der Waals surface area contributed by atoms with E-state index in [-0.39, 0.29) is 31.4 Å². The number of rotatable bonds is 8. The molecule has 1 aromatic carbocycles. The summed E-state index contributed by atoms with van der Waals surface area (Å²) in [5.74, 6) is -1.39. The number of anilines is 1. The van der Waals surface area contributed by atoms with Gasteiger partial charge in [-0.3, -0.25) is 9.59 Å². The van der Waals surface area contributed by atoms with Gasteiger partial charge in [-0.2, -0.15) is 0 Å². The number of hydrogen-bond acceptors (Lipinski definition) is 4. The minimum absolute atomic E-state index is 0.0221. The number of carbonyl (C=O) groups is 2.